The largest absolute Gasteiger partial charge is 0.495 e. The standard InChI is InChI=1S/C13H17ClO4/c1-16-9-6-5-8(13(17-2)11(9)14)12(15)10-4-3-7-18-10/h5-6,10,12,15H,3-4,7H2,1-2H3. The van der Waals surface area contributed by atoms with Crippen LogP contribution in [0.4, 0.5) is 0 Å². The van der Waals surface area contributed by atoms with Gasteiger partial charge in [-0.25, -0.2) is 0 Å². The molecule has 1 fully saturated rings. The number of halogens is 1. The molecule has 1 aliphatic heterocycles. The molecule has 0 spiro atoms. The fourth-order valence-electron chi connectivity index (χ4n) is 2.20. The summed E-state index contributed by atoms with van der Waals surface area (Å²) in [5.41, 5.74) is 0.634. The first kappa shape index (κ1) is 13.5. The molecule has 2 unspecified atom stereocenters. The van der Waals surface area contributed by atoms with Gasteiger partial charge >= 0.3 is 0 Å². The van der Waals surface area contributed by atoms with Gasteiger partial charge < -0.3 is 19.3 Å². The van der Waals surface area contributed by atoms with Gasteiger partial charge in [-0.15, -0.1) is 0 Å². The second-order valence-corrected chi connectivity index (χ2v) is 4.58. The normalized spacial score (nSPS) is 20.8. The Labute approximate surface area is 111 Å². The van der Waals surface area contributed by atoms with Gasteiger partial charge in [-0.1, -0.05) is 11.6 Å². The molecule has 4 nitrogen and oxygen atoms in total. The number of methoxy groups -OCH3 is 2. The Morgan fingerprint density at radius 2 is 2.17 bits per heavy atom. The van der Waals surface area contributed by atoms with Crippen molar-refractivity contribution in [2.45, 2.75) is 25.0 Å². The number of benzene rings is 1. The summed E-state index contributed by atoms with van der Waals surface area (Å²) in [4.78, 5) is 0. The van der Waals surface area contributed by atoms with Crippen LogP contribution >= 0.6 is 11.6 Å². The predicted octanol–water partition coefficient (Wildman–Crippen LogP) is 2.57. The zero-order valence-electron chi connectivity index (χ0n) is 10.5. The maximum absolute atomic E-state index is 10.3. The van der Waals surface area contributed by atoms with Crippen molar-refractivity contribution in [1.82, 2.24) is 0 Å². The Morgan fingerprint density at radius 1 is 1.39 bits per heavy atom. The molecule has 2 atom stereocenters. The molecular weight excluding hydrogens is 256 g/mol. The second kappa shape index (κ2) is 5.78. The molecule has 5 heteroatoms. The monoisotopic (exact) mass is 272 g/mol. The van der Waals surface area contributed by atoms with Crippen molar-refractivity contribution in [3.05, 3.63) is 22.7 Å². The fraction of sp³-hybridized carbons (Fsp3) is 0.538. The van der Waals surface area contributed by atoms with Crippen LogP contribution in [0.25, 0.3) is 0 Å². The minimum absolute atomic E-state index is 0.191. The lowest BCUT2D eigenvalue weighted by Crippen LogP contribution is -2.18. The van der Waals surface area contributed by atoms with Crippen molar-refractivity contribution in [1.29, 1.82) is 0 Å². The Bertz CT molecular complexity index is 416. The average molecular weight is 273 g/mol. The Balaban J connectivity index is 2.34. The third-order valence-corrected chi connectivity index (χ3v) is 3.51. The van der Waals surface area contributed by atoms with Crippen LogP contribution in [0.3, 0.4) is 0 Å². The van der Waals surface area contributed by atoms with Crippen molar-refractivity contribution >= 4 is 11.6 Å². The molecule has 1 aromatic carbocycles. The van der Waals surface area contributed by atoms with Crippen LogP contribution in [0, 0.1) is 0 Å². The molecule has 18 heavy (non-hydrogen) atoms. The number of hydrogen-bond donors (Lipinski definition) is 1. The first-order valence-electron chi connectivity index (χ1n) is 5.89. The highest BCUT2D eigenvalue weighted by atomic mass is 35.5. The van der Waals surface area contributed by atoms with Gasteiger partial charge in [0.05, 0.1) is 20.3 Å². The van der Waals surface area contributed by atoms with E-state index in [1.54, 1.807) is 12.1 Å². The highest BCUT2D eigenvalue weighted by Crippen LogP contribution is 2.41. The van der Waals surface area contributed by atoms with Crippen LogP contribution in [0.2, 0.25) is 5.02 Å². The average Bonchev–Trinajstić information content (AvgIpc) is 2.91. The third kappa shape index (κ3) is 2.41. The van der Waals surface area contributed by atoms with Gasteiger partial charge in [0.15, 0.2) is 0 Å². The molecule has 1 saturated heterocycles. The first-order valence-corrected chi connectivity index (χ1v) is 6.27. The number of aliphatic hydroxyl groups excluding tert-OH is 1. The lowest BCUT2D eigenvalue weighted by atomic mass is 10.0. The Morgan fingerprint density at radius 3 is 2.72 bits per heavy atom. The van der Waals surface area contributed by atoms with Crippen molar-refractivity contribution in [3.63, 3.8) is 0 Å². The van der Waals surface area contributed by atoms with Crippen LogP contribution in [0.5, 0.6) is 11.5 Å². The summed E-state index contributed by atoms with van der Waals surface area (Å²) < 4.78 is 15.9. The van der Waals surface area contributed by atoms with Crippen molar-refractivity contribution < 1.29 is 19.3 Å². The quantitative estimate of drug-likeness (QED) is 0.915. The van der Waals surface area contributed by atoms with E-state index in [1.807, 2.05) is 0 Å². The molecule has 0 bridgehead atoms. The smallest absolute Gasteiger partial charge is 0.147 e. The van der Waals surface area contributed by atoms with E-state index in [2.05, 4.69) is 0 Å². The van der Waals surface area contributed by atoms with Gasteiger partial charge in [-0.3, -0.25) is 0 Å². The van der Waals surface area contributed by atoms with E-state index in [-0.39, 0.29) is 6.10 Å². The van der Waals surface area contributed by atoms with E-state index in [0.29, 0.717) is 28.7 Å². The van der Waals surface area contributed by atoms with E-state index in [1.165, 1.54) is 14.2 Å². The minimum atomic E-state index is -0.731. The molecule has 0 amide bonds. The highest BCUT2D eigenvalue weighted by Gasteiger charge is 2.29. The van der Waals surface area contributed by atoms with E-state index in [0.717, 1.165) is 12.8 Å². The fourth-order valence-corrected chi connectivity index (χ4v) is 2.53. The van der Waals surface area contributed by atoms with Gasteiger partial charge in [-0.2, -0.15) is 0 Å². The van der Waals surface area contributed by atoms with Gasteiger partial charge in [0, 0.05) is 12.2 Å². The molecule has 0 radical (unpaired) electrons. The van der Waals surface area contributed by atoms with Crippen LogP contribution in [0.15, 0.2) is 12.1 Å². The summed E-state index contributed by atoms with van der Waals surface area (Å²) in [6, 6.07) is 3.48. The van der Waals surface area contributed by atoms with E-state index < -0.39 is 6.10 Å². The topological polar surface area (TPSA) is 47.9 Å². The summed E-state index contributed by atoms with van der Waals surface area (Å²) >= 11 is 6.16. The maximum atomic E-state index is 10.3. The summed E-state index contributed by atoms with van der Waals surface area (Å²) in [7, 11) is 3.06. The molecule has 0 aliphatic carbocycles. The Kier molecular flexibility index (Phi) is 4.32. The molecule has 1 N–H and O–H groups in total. The number of aliphatic hydroxyl groups is 1. The molecule has 0 saturated carbocycles. The predicted molar refractivity (Wildman–Crippen MR) is 68.5 cm³/mol. The van der Waals surface area contributed by atoms with Crippen molar-refractivity contribution in [3.8, 4) is 11.5 Å². The number of ether oxygens (including phenoxy) is 3. The zero-order valence-corrected chi connectivity index (χ0v) is 11.2. The lowest BCUT2D eigenvalue weighted by molar-refractivity contribution is -0.00365. The van der Waals surface area contributed by atoms with Gasteiger partial charge in [-0.05, 0) is 25.0 Å². The summed E-state index contributed by atoms with van der Waals surface area (Å²) in [5.74, 6) is 0.968. The summed E-state index contributed by atoms with van der Waals surface area (Å²) in [6.45, 7) is 0.688. The van der Waals surface area contributed by atoms with Crippen LogP contribution in [-0.2, 0) is 4.74 Å². The zero-order chi connectivity index (χ0) is 13.1. The van der Waals surface area contributed by atoms with E-state index in [9.17, 15) is 5.11 Å². The van der Waals surface area contributed by atoms with Crippen LogP contribution in [0.1, 0.15) is 24.5 Å². The SMILES string of the molecule is COc1ccc(C(O)C2CCCO2)c(OC)c1Cl. The second-order valence-electron chi connectivity index (χ2n) is 4.20. The molecule has 1 aromatic rings. The van der Waals surface area contributed by atoms with E-state index in [4.69, 9.17) is 25.8 Å². The van der Waals surface area contributed by atoms with E-state index >= 15 is 0 Å². The Hall–Kier alpha value is -0.970. The lowest BCUT2D eigenvalue weighted by Gasteiger charge is -2.21. The van der Waals surface area contributed by atoms with Gasteiger partial charge in [0.2, 0.25) is 0 Å². The van der Waals surface area contributed by atoms with Crippen LogP contribution < -0.4 is 9.47 Å². The molecular formula is C13H17ClO4. The first-order chi connectivity index (χ1) is 8.69. The molecule has 1 heterocycles. The van der Waals surface area contributed by atoms with Crippen molar-refractivity contribution in [2.75, 3.05) is 20.8 Å². The summed E-state index contributed by atoms with van der Waals surface area (Å²) in [5, 5.41) is 10.7. The van der Waals surface area contributed by atoms with Gasteiger partial charge in [0.25, 0.3) is 0 Å². The molecule has 0 aromatic heterocycles. The molecule has 2 rings (SSSR count). The minimum Gasteiger partial charge on any atom is -0.495 e. The summed E-state index contributed by atoms with van der Waals surface area (Å²) in [6.07, 6.45) is 0.885. The number of hydrogen-bond acceptors (Lipinski definition) is 4. The maximum Gasteiger partial charge on any atom is 0.147 e. The molecule has 1 aliphatic rings. The third-order valence-electron chi connectivity index (χ3n) is 3.15. The highest BCUT2D eigenvalue weighted by molar-refractivity contribution is 6.33. The number of rotatable bonds is 4. The van der Waals surface area contributed by atoms with Crippen LogP contribution in [-0.4, -0.2) is 32.0 Å². The molecule has 100 valence electrons. The van der Waals surface area contributed by atoms with Crippen molar-refractivity contribution in [2.24, 2.45) is 0 Å². The van der Waals surface area contributed by atoms with Gasteiger partial charge in [0.1, 0.15) is 22.6 Å².